The van der Waals surface area contributed by atoms with Crippen molar-refractivity contribution in [3.63, 3.8) is 0 Å². The number of nitrogens with zero attached hydrogens (tertiary/aromatic N) is 1. The van der Waals surface area contributed by atoms with Gasteiger partial charge in [-0.25, -0.2) is 0 Å². The summed E-state index contributed by atoms with van der Waals surface area (Å²) in [6.07, 6.45) is -1.05. The second-order valence-electron chi connectivity index (χ2n) is 3.99. The van der Waals surface area contributed by atoms with E-state index in [4.69, 9.17) is 14.9 Å². The van der Waals surface area contributed by atoms with Crippen molar-refractivity contribution < 1.29 is 19.9 Å². The molecule has 0 radical (unpaired) electrons. The highest BCUT2D eigenvalue weighted by atomic mass is 16.6. The number of aliphatic hydroxyl groups excluding tert-OH is 2. The van der Waals surface area contributed by atoms with Crippen molar-refractivity contribution in [3.05, 3.63) is 33.9 Å². The number of nitro benzene ring substituents is 1. The van der Waals surface area contributed by atoms with Crippen molar-refractivity contribution in [2.24, 2.45) is 0 Å². The molecule has 0 bridgehead atoms. The summed E-state index contributed by atoms with van der Waals surface area (Å²) >= 11 is 0. The number of nitrogens with one attached hydrogen (secondary N) is 1. The lowest BCUT2D eigenvalue weighted by Gasteiger charge is -2.11. The summed E-state index contributed by atoms with van der Waals surface area (Å²) in [4.78, 5) is 10.4. The van der Waals surface area contributed by atoms with Gasteiger partial charge < -0.3 is 20.3 Å². The molecule has 0 aliphatic rings. The van der Waals surface area contributed by atoms with Gasteiger partial charge in [-0.1, -0.05) is 13.0 Å². The zero-order valence-corrected chi connectivity index (χ0v) is 10.7. The average Bonchev–Trinajstić information content (AvgIpc) is 2.42. The van der Waals surface area contributed by atoms with Crippen LogP contribution in [-0.4, -0.2) is 41.0 Å². The molecular formula is C12H18N2O5. The number of benzene rings is 1. The summed E-state index contributed by atoms with van der Waals surface area (Å²) in [6.45, 7) is 2.62. The van der Waals surface area contributed by atoms with Crippen molar-refractivity contribution >= 4 is 5.69 Å². The molecule has 0 aliphatic heterocycles. The minimum absolute atomic E-state index is 0.0812. The molecule has 1 unspecified atom stereocenters. The lowest BCUT2D eigenvalue weighted by atomic mass is 10.2. The minimum Gasteiger partial charge on any atom is -0.484 e. The molecule has 19 heavy (non-hydrogen) atoms. The second kappa shape index (κ2) is 7.67. The average molecular weight is 270 g/mol. The summed E-state index contributed by atoms with van der Waals surface area (Å²) in [5.41, 5.74) is 0.629. The molecule has 1 atom stereocenters. The molecule has 0 aliphatic carbocycles. The van der Waals surface area contributed by atoms with E-state index in [1.807, 2.05) is 6.92 Å². The normalized spacial score (nSPS) is 12.2. The third-order valence-electron chi connectivity index (χ3n) is 2.44. The van der Waals surface area contributed by atoms with Crippen molar-refractivity contribution in [1.29, 1.82) is 0 Å². The Balaban J connectivity index is 2.82. The van der Waals surface area contributed by atoms with E-state index in [-0.39, 0.29) is 18.0 Å². The fraction of sp³-hybridized carbons (Fsp3) is 0.500. The Kier molecular flexibility index (Phi) is 6.20. The Hall–Kier alpha value is -1.70. The van der Waals surface area contributed by atoms with Gasteiger partial charge in [0.15, 0.2) is 5.75 Å². The standard InChI is InChI=1S/C12H18N2O5/c1-2-13-6-9-3-4-12(11(5-9)14(17)18)19-8-10(16)7-15/h3-5,10,13,15-16H,2,6-8H2,1H3. The van der Waals surface area contributed by atoms with Crippen molar-refractivity contribution in [3.8, 4) is 5.75 Å². The van der Waals surface area contributed by atoms with Crippen LogP contribution in [-0.2, 0) is 6.54 Å². The topological polar surface area (TPSA) is 105 Å². The first-order chi connectivity index (χ1) is 9.08. The molecule has 1 rings (SSSR count). The monoisotopic (exact) mass is 270 g/mol. The van der Waals surface area contributed by atoms with Crippen LogP contribution in [0.1, 0.15) is 12.5 Å². The van der Waals surface area contributed by atoms with Gasteiger partial charge in [0.2, 0.25) is 0 Å². The zero-order chi connectivity index (χ0) is 14.3. The third-order valence-corrected chi connectivity index (χ3v) is 2.44. The number of aliphatic hydroxyl groups is 2. The van der Waals surface area contributed by atoms with Crippen LogP contribution >= 0.6 is 0 Å². The van der Waals surface area contributed by atoms with E-state index >= 15 is 0 Å². The van der Waals surface area contributed by atoms with Crippen LogP contribution in [0.15, 0.2) is 18.2 Å². The van der Waals surface area contributed by atoms with Gasteiger partial charge in [-0.15, -0.1) is 0 Å². The Morgan fingerprint density at radius 2 is 2.26 bits per heavy atom. The van der Waals surface area contributed by atoms with E-state index in [1.54, 1.807) is 6.07 Å². The predicted molar refractivity (Wildman–Crippen MR) is 69.1 cm³/mol. The molecule has 3 N–H and O–H groups in total. The summed E-state index contributed by atoms with van der Waals surface area (Å²) in [6, 6.07) is 4.65. The first kappa shape index (κ1) is 15.4. The highest BCUT2D eigenvalue weighted by Crippen LogP contribution is 2.28. The van der Waals surface area contributed by atoms with Gasteiger partial charge >= 0.3 is 5.69 Å². The molecule has 0 heterocycles. The number of rotatable bonds is 8. The number of hydrogen-bond acceptors (Lipinski definition) is 6. The van der Waals surface area contributed by atoms with Crippen LogP contribution < -0.4 is 10.1 Å². The molecule has 0 saturated heterocycles. The third kappa shape index (κ3) is 4.82. The molecular weight excluding hydrogens is 252 g/mol. The smallest absolute Gasteiger partial charge is 0.311 e. The minimum atomic E-state index is -1.05. The van der Waals surface area contributed by atoms with E-state index in [9.17, 15) is 10.1 Å². The SMILES string of the molecule is CCNCc1ccc(OCC(O)CO)c([N+](=O)[O-])c1. The summed E-state index contributed by atoms with van der Waals surface area (Å²) in [5, 5.41) is 31.9. The van der Waals surface area contributed by atoms with Crippen molar-refractivity contribution in [2.75, 3.05) is 19.8 Å². The van der Waals surface area contributed by atoms with Gasteiger partial charge in [0.1, 0.15) is 12.7 Å². The van der Waals surface area contributed by atoms with Gasteiger partial charge in [0, 0.05) is 12.6 Å². The van der Waals surface area contributed by atoms with Gasteiger partial charge in [-0.3, -0.25) is 10.1 Å². The molecule has 1 aromatic rings. The molecule has 0 saturated carbocycles. The van der Waals surface area contributed by atoms with Crippen LogP contribution in [0, 0.1) is 10.1 Å². The Labute approximate surface area is 111 Å². The summed E-state index contributed by atoms with van der Waals surface area (Å²) < 4.78 is 5.14. The van der Waals surface area contributed by atoms with Crippen LogP contribution in [0.3, 0.4) is 0 Å². The number of nitro groups is 1. The van der Waals surface area contributed by atoms with Gasteiger partial charge in [0.25, 0.3) is 0 Å². The van der Waals surface area contributed by atoms with E-state index < -0.39 is 17.6 Å². The Morgan fingerprint density at radius 3 is 2.84 bits per heavy atom. The maximum atomic E-state index is 11.0. The molecule has 0 fully saturated rings. The fourth-order valence-corrected chi connectivity index (χ4v) is 1.45. The molecule has 7 nitrogen and oxygen atoms in total. The van der Waals surface area contributed by atoms with E-state index in [1.165, 1.54) is 12.1 Å². The first-order valence-corrected chi connectivity index (χ1v) is 5.98. The van der Waals surface area contributed by atoms with Crippen LogP contribution in [0.4, 0.5) is 5.69 Å². The number of hydrogen-bond donors (Lipinski definition) is 3. The van der Waals surface area contributed by atoms with E-state index in [0.29, 0.717) is 6.54 Å². The molecule has 7 heteroatoms. The van der Waals surface area contributed by atoms with Crippen LogP contribution in [0.25, 0.3) is 0 Å². The van der Waals surface area contributed by atoms with E-state index in [2.05, 4.69) is 5.32 Å². The molecule has 0 amide bonds. The molecule has 1 aromatic carbocycles. The quantitative estimate of drug-likeness (QED) is 0.467. The molecule has 0 aromatic heterocycles. The molecule has 0 spiro atoms. The van der Waals surface area contributed by atoms with Crippen LogP contribution in [0.2, 0.25) is 0 Å². The van der Waals surface area contributed by atoms with Crippen molar-refractivity contribution in [2.45, 2.75) is 19.6 Å². The van der Waals surface area contributed by atoms with Crippen molar-refractivity contribution in [1.82, 2.24) is 5.32 Å². The first-order valence-electron chi connectivity index (χ1n) is 5.98. The Bertz CT molecular complexity index is 425. The highest BCUT2D eigenvalue weighted by Gasteiger charge is 2.17. The van der Waals surface area contributed by atoms with Gasteiger partial charge in [-0.2, -0.15) is 0 Å². The maximum absolute atomic E-state index is 11.0. The summed E-state index contributed by atoms with van der Waals surface area (Å²) in [5.74, 6) is 0.0812. The predicted octanol–water partition coefficient (Wildman–Crippen LogP) is 0.436. The fourth-order valence-electron chi connectivity index (χ4n) is 1.45. The Morgan fingerprint density at radius 1 is 1.53 bits per heavy atom. The molecule has 106 valence electrons. The highest BCUT2D eigenvalue weighted by molar-refractivity contribution is 5.48. The lowest BCUT2D eigenvalue weighted by molar-refractivity contribution is -0.386. The summed E-state index contributed by atoms with van der Waals surface area (Å²) in [7, 11) is 0. The van der Waals surface area contributed by atoms with Crippen LogP contribution in [0.5, 0.6) is 5.75 Å². The largest absolute Gasteiger partial charge is 0.484 e. The second-order valence-corrected chi connectivity index (χ2v) is 3.99. The van der Waals surface area contributed by atoms with Gasteiger partial charge in [-0.05, 0) is 18.2 Å². The van der Waals surface area contributed by atoms with E-state index in [0.717, 1.165) is 12.1 Å². The lowest BCUT2D eigenvalue weighted by Crippen LogP contribution is -2.21. The number of ether oxygens (including phenoxy) is 1. The zero-order valence-electron chi connectivity index (χ0n) is 10.7. The van der Waals surface area contributed by atoms with Gasteiger partial charge in [0.05, 0.1) is 11.5 Å². The maximum Gasteiger partial charge on any atom is 0.311 e.